The summed E-state index contributed by atoms with van der Waals surface area (Å²) in [6.07, 6.45) is 1.47. The van der Waals surface area contributed by atoms with Crippen molar-refractivity contribution < 1.29 is 9.13 Å². The van der Waals surface area contributed by atoms with Crippen LogP contribution >= 0.6 is 11.6 Å². The van der Waals surface area contributed by atoms with Gasteiger partial charge in [-0.2, -0.15) is 0 Å². The molecule has 0 aliphatic rings. The van der Waals surface area contributed by atoms with E-state index in [4.69, 9.17) is 16.3 Å². The van der Waals surface area contributed by atoms with Crippen molar-refractivity contribution in [1.82, 2.24) is 4.98 Å². The zero-order valence-electron chi connectivity index (χ0n) is 7.42. The number of ether oxygens (including phenoxy) is 1. The SMILES string of the molecule is COc1cc(F)c2nccc(Cl)c2c1. The molecule has 0 saturated carbocycles. The first-order chi connectivity index (χ1) is 6.72. The Hall–Kier alpha value is -1.35. The Morgan fingerprint density at radius 1 is 1.43 bits per heavy atom. The number of hydrogen-bond donors (Lipinski definition) is 0. The summed E-state index contributed by atoms with van der Waals surface area (Å²) in [5.74, 6) is 0.00625. The van der Waals surface area contributed by atoms with Crippen LogP contribution in [0.4, 0.5) is 4.39 Å². The molecule has 2 rings (SSSR count). The highest BCUT2D eigenvalue weighted by Gasteiger charge is 2.07. The van der Waals surface area contributed by atoms with E-state index in [0.717, 1.165) is 0 Å². The monoisotopic (exact) mass is 211 g/mol. The second-order valence-corrected chi connectivity index (χ2v) is 3.21. The van der Waals surface area contributed by atoms with Crippen LogP contribution < -0.4 is 4.74 Å². The van der Waals surface area contributed by atoms with Crippen molar-refractivity contribution in [2.45, 2.75) is 0 Å². The van der Waals surface area contributed by atoms with Crippen molar-refractivity contribution in [1.29, 1.82) is 0 Å². The molecule has 1 aromatic carbocycles. The number of nitrogens with zero attached hydrogens (tertiary/aromatic N) is 1. The first-order valence-electron chi connectivity index (χ1n) is 4.00. The molecule has 14 heavy (non-hydrogen) atoms. The number of pyridine rings is 1. The van der Waals surface area contributed by atoms with Crippen LogP contribution in [-0.2, 0) is 0 Å². The molecule has 2 nitrogen and oxygen atoms in total. The van der Waals surface area contributed by atoms with Gasteiger partial charge in [0.2, 0.25) is 0 Å². The number of benzene rings is 1. The second kappa shape index (κ2) is 3.42. The number of fused-ring (bicyclic) bond motifs is 1. The molecule has 1 heterocycles. The molecule has 0 atom stereocenters. The minimum absolute atomic E-state index is 0.262. The molecule has 0 N–H and O–H groups in total. The Morgan fingerprint density at radius 2 is 2.21 bits per heavy atom. The molecule has 0 bridgehead atoms. The van der Waals surface area contributed by atoms with E-state index in [1.807, 2.05) is 0 Å². The molecule has 0 aliphatic heterocycles. The number of methoxy groups -OCH3 is 1. The van der Waals surface area contributed by atoms with Crippen molar-refractivity contribution in [3.8, 4) is 5.75 Å². The van der Waals surface area contributed by atoms with Crippen molar-refractivity contribution in [3.05, 3.63) is 35.2 Å². The van der Waals surface area contributed by atoms with Gasteiger partial charge in [-0.1, -0.05) is 11.6 Å². The quantitative estimate of drug-likeness (QED) is 0.723. The van der Waals surface area contributed by atoms with Gasteiger partial charge in [-0.05, 0) is 12.1 Å². The fourth-order valence-corrected chi connectivity index (χ4v) is 1.47. The summed E-state index contributed by atoms with van der Waals surface area (Å²) in [5.41, 5.74) is 0.262. The summed E-state index contributed by atoms with van der Waals surface area (Å²) in [7, 11) is 1.48. The maximum atomic E-state index is 13.4. The van der Waals surface area contributed by atoms with Gasteiger partial charge in [0.25, 0.3) is 0 Å². The van der Waals surface area contributed by atoms with E-state index in [1.54, 1.807) is 12.1 Å². The fraction of sp³-hybridized carbons (Fsp3) is 0.100. The van der Waals surface area contributed by atoms with Gasteiger partial charge in [0, 0.05) is 17.6 Å². The lowest BCUT2D eigenvalue weighted by molar-refractivity contribution is 0.412. The zero-order valence-corrected chi connectivity index (χ0v) is 8.18. The highest BCUT2D eigenvalue weighted by atomic mass is 35.5. The number of aromatic nitrogens is 1. The molecule has 0 spiro atoms. The molecule has 2 aromatic rings. The summed E-state index contributed by atoms with van der Waals surface area (Å²) >= 11 is 5.90. The first-order valence-corrected chi connectivity index (χ1v) is 4.38. The van der Waals surface area contributed by atoms with Crippen LogP contribution in [0.3, 0.4) is 0 Å². The molecule has 0 unspecified atom stereocenters. The van der Waals surface area contributed by atoms with Gasteiger partial charge in [-0.15, -0.1) is 0 Å². The van der Waals surface area contributed by atoms with Crippen LogP contribution in [0.15, 0.2) is 24.4 Å². The van der Waals surface area contributed by atoms with E-state index in [9.17, 15) is 4.39 Å². The van der Waals surface area contributed by atoms with E-state index in [1.165, 1.54) is 19.4 Å². The maximum absolute atomic E-state index is 13.4. The lowest BCUT2D eigenvalue weighted by Gasteiger charge is -2.04. The molecular weight excluding hydrogens is 205 g/mol. The van der Waals surface area contributed by atoms with Crippen LogP contribution in [0.2, 0.25) is 5.02 Å². The van der Waals surface area contributed by atoms with Crippen LogP contribution in [0, 0.1) is 5.82 Å². The molecule has 1 aromatic heterocycles. The Bertz CT molecular complexity index is 487. The minimum atomic E-state index is -0.429. The average Bonchev–Trinajstić information content (AvgIpc) is 2.19. The summed E-state index contributed by atoms with van der Waals surface area (Å²) in [5, 5.41) is 1.03. The lowest BCUT2D eigenvalue weighted by Crippen LogP contribution is -1.88. The number of halogens is 2. The Morgan fingerprint density at radius 3 is 2.93 bits per heavy atom. The highest BCUT2D eigenvalue weighted by Crippen LogP contribution is 2.27. The average molecular weight is 212 g/mol. The Balaban J connectivity index is 2.83. The van der Waals surface area contributed by atoms with E-state index < -0.39 is 5.82 Å². The Kier molecular flexibility index (Phi) is 2.25. The van der Waals surface area contributed by atoms with Crippen molar-refractivity contribution in [2.75, 3.05) is 7.11 Å². The molecule has 0 amide bonds. The van der Waals surface area contributed by atoms with Gasteiger partial charge in [0.15, 0.2) is 5.82 Å². The predicted octanol–water partition coefficient (Wildman–Crippen LogP) is 3.04. The molecule has 4 heteroatoms. The van der Waals surface area contributed by atoms with Gasteiger partial charge in [0.1, 0.15) is 11.3 Å². The molecular formula is C10H7ClFNO. The van der Waals surface area contributed by atoms with Gasteiger partial charge in [-0.25, -0.2) is 4.39 Å². The highest BCUT2D eigenvalue weighted by molar-refractivity contribution is 6.35. The van der Waals surface area contributed by atoms with Gasteiger partial charge < -0.3 is 4.74 Å². The zero-order chi connectivity index (χ0) is 10.1. The minimum Gasteiger partial charge on any atom is -0.497 e. The van der Waals surface area contributed by atoms with Gasteiger partial charge in [0.05, 0.1) is 12.1 Å². The second-order valence-electron chi connectivity index (χ2n) is 2.80. The predicted molar refractivity (Wildman–Crippen MR) is 53.3 cm³/mol. The molecule has 0 saturated heterocycles. The van der Waals surface area contributed by atoms with Crippen molar-refractivity contribution >= 4 is 22.5 Å². The molecule has 0 fully saturated rings. The molecule has 0 aliphatic carbocycles. The third-order valence-electron chi connectivity index (χ3n) is 1.95. The first kappa shape index (κ1) is 9.21. The Labute approximate surface area is 85.3 Å². The van der Waals surface area contributed by atoms with E-state index in [-0.39, 0.29) is 5.52 Å². The molecule has 72 valence electrons. The maximum Gasteiger partial charge on any atom is 0.153 e. The summed E-state index contributed by atoms with van der Waals surface area (Å²) in [6, 6.07) is 4.56. The van der Waals surface area contributed by atoms with Crippen molar-refractivity contribution in [2.24, 2.45) is 0 Å². The van der Waals surface area contributed by atoms with Gasteiger partial charge in [-0.3, -0.25) is 4.98 Å². The standard InChI is InChI=1S/C10H7ClFNO/c1-14-6-4-7-8(11)2-3-13-10(7)9(12)5-6/h2-5H,1H3. The molecule has 0 radical (unpaired) electrons. The third kappa shape index (κ3) is 1.40. The topological polar surface area (TPSA) is 22.1 Å². The fourth-order valence-electron chi connectivity index (χ4n) is 1.27. The van der Waals surface area contributed by atoms with Crippen LogP contribution in [-0.4, -0.2) is 12.1 Å². The number of hydrogen-bond acceptors (Lipinski definition) is 2. The summed E-state index contributed by atoms with van der Waals surface area (Å²) in [6.45, 7) is 0. The van der Waals surface area contributed by atoms with E-state index >= 15 is 0 Å². The normalized spacial score (nSPS) is 10.5. The summed E-state index contributed by atoms with van der Waals surface area (Å²) < 4.78 is 18.3. The largest absolute Gasteiger partial charge is 0.497 e. The van der Waals surface area contributed by atoms with Crippen LogP contribution in [0.1, 0.15) is 0 Å². The van der Waals surface area contributed by atoms with Crippen LogP contribution in [0.25, 0.3) is 10.9 Å². The van der Waals surface area contributed by atoms with Gasteiger partial charge >= 0.3 is 0 Å². The smallest absolute Gasteiger partial charge is 0.153 e. The van der Waals surface area contributed by atoms with E-state index in [0.29, 0.717) is 16.2 Å². The van der Waals surface area contributed by atoms with Crippen molar-refractivity contribution in [3.63, 3.8) is 0 Å². The number of rotatable bonds is 1. The van der Waals surface area contributed by atoms with E-state index in [2.05, 4.69) is 4.98 Å². The summed E-state index contributed by atoms with van der Waals surface area (Å²) in [4.78, 5) is 3.90. The van der Waals surface area contributed by atoms with Crippen LogP contribution in [0.5, 0.6) is 5.75 Å². The third-order valence-corrected chi connectivity index (χ3v) is 2.28. The lowest BCUT2D eigenvalue weighted by atomic mass is 10.2.